The van der Waals surface area contributed by atoms with Crippen molar-refractivity contribution in [3.63, 3.8) is 0 Å². The van der Waals surface area contributed by atoms with E-state index in [1.54, 1.807) is 20.8 Å². The summed E-state index contributed by atoms with van der Waals surface area (Å²) < 4.78 is 5.32. The Balaban J connectivity index is 2.12. The number of carbonyl (C=O) groups excluding carboxylic acids is 2. The highest BCUT2D eigenvalue weighted by Crippen LogP contribution is 2.33. The fraction of sp³-hybridized carbons (Fsp3) is 0.529. The van der Waals surface area contributed by atoms with Gasteiger partial charge >= 0.3 is 6.09 Å². The first-order chi connectivity index (χ1) is 10.3. The fourth-order valence-electron chi connectivity index (χ4n) is 2.78. The average Bonchev–Trinajstić information content (AvgIpc) is 2.45. The molecule has 5 nitrogen and oxygen atoms in total. The van der Waals surface area contributed by atoms with Crippen LogP contribution < -0.4 is 5.11 Å². The fourth-order valence-corrected chi connectivity index (χ4v) is 2.78. The SMILES string of the molecule is CC(C)(C)OC(=O)N1CC[C@@H](c2ccccc2)[C@@H](C(=O)[O-])C1. The third-order valence-corrected chi connectivity index (χ3v) is 3.79. The van der Waals surface area contributed by atoms with Gasteiger partial charge in [0.25, 0.3) is 0 Å². The van der Waals surface area contributed by atoms with Crippen LogP contribution in [0.25, 0.3) is 0 Å². The van der Waals surface area contributed by atoms with Gasteiger partial charge in [-0.15, -0.1) is 0 Å². The highest BCUT2D eigenvalue weighted by Gasteiger charge is 2.34. The van der Waals surface area contributed by atoms with Crippen LogP contribution in [0.4, 0.5) is 4.79 Å². The van der Waals surface area contributed by atoms with E-state index < -0.39 is 23.6 Å². The Morgan fingerprint density at radius 3 is 2.41 bits per heavy atom. The number of amides is 1. The molecule has 1 aromatic carbocycles. The van der Waals surface area contributed by atoms with E-state index in [1.165, 1.54) is 4.90 Å². The summed E-state index contributed by atoms with van der Waals surface area (Å²) in [5, 5.41) is 11.5. The zero-order valence-corrected chi connectivity index (χ0v) is 13.2. The highest BCUT2D eigenvalue weighted by molar-refractivity contribution is 5.73. The first kappa shape index (κ1) is 16.3. The lowest BCUT2D eigenvalue weighted by Crippen LogP contribution is -2.50. The number of nitrogens with zero attached hydrogens (tertiary/aromatic N) is 1. The lowest BCUT2D eigenvalue weighted by Gasteiger charge is -2.39. The van der Waals surface area contributed by atoms with Crippen molar-refractivity contribution in [3.8, 4) is 0 Å². The molecule has 0 aliphatic carbocycles. The summed E-state index contributed by atoms with van der Waals surface area (Å²) in [4.78, 5) is 25.1. The first-order valence-corrected chi connectivity index (χ1v) is 7.51. The summed E-state index contributed by atoms with van der Waals surface area (Å²) in [6.45, 7) is 5.97. The molecule has 1 aliphatic rings. The van der Waals surface area contributed by atoms with E-state index in [1.807, 2.05) is 30.3 Å². The number of hydrogen-bond donors (Lipinski definition) is 0. The number of carboxylic acids is 1. The molecule has 1 aromatic rings. The summed E-state index contributed by atoms with van der Waals surface area (Å²) in [5.41, 5.74) is 0.380. The van der Waals surface area contributed by atoms with Crippen molar-refractivity contribution >= 4 is 12.1 Å². The maximum atomic E-state index is 12.1. The lowest BCUT2D eigenvalue weighted by molar-refractivity contribution is -0.313. The molecular weight excluding hydrogens is 282 g/mol. The van der Waals surface area contributed by atoms with Gasteiger partial charge in [0, 0.05) is 25.0 Å². The van der Waals surface area contributed by atoms with Crippen LogP contribution in [0.15, 0.2) is 30.3 Å². The second kappa shape index (κ2) is 6.38. The average molecular weight is 304 g/mol. The molecule has 1 amide bonds. The minimum absolute atomic E-state index is 0.122. The molecule has 1 saturated heterocycles. The van der Waals surface area contributed by atoms with Crippen LogP contribution in [0.5, 0.6) is 0 Å². The molecule has 1 heterocycles. The summed E-state index contributed by atoms with van der Waals surface area (Å²) in [6.07, 6.45) is 0.118. The van der Waals surface area contributed by atoms with Crippen LogP contribution in [-0.2, 0) is 9.53 Å². The van der Waals surface area contributed by atoms with Gasteiger partial charge in [-0.1, -0.05) is 30.3 Å². The van der Waals surface area contributed by atoms with Crippen molar-refractivity contribution in [2.24, 2.45) is 5.92 Å². The Morgan fingerprint density at radius 1 is 1.23 bits per heavy atom. The quantitative estimate of drug-likeness (QED) is 0.835. The molecule has 0 N–H and O–H groups in total. The van der Waals surface area contributed by atoms with E-state index in [0.29, 0.717) is 13.0 Å². The van der Waals surface area contributed by atoms with E-state index in [-0.39, 0.29) is 12.5 Å². The molecule has 1 fully saturated rings. The van der Waals surface area contributed by atoms with E-state index in [4.69, 9.17) is 4.74 Å². The number of likely N-dealkylation sites (tertiary alicyclic amines) is 1. The van der Waals surface area contributed by atoms with Crippen LogP contribution >= 0.6 is 0 Å². The van der Waals surface area contributed by atoms with Gasteiger partial charge in [0.15, 0.2) is 0 Å². The minimum atomic E-state index is -1.12. The Labute approximate surface area is 130 Å². The number of piperidine rings is 1. The summed E-state index contributed by atoms with van der Waals surface area (Å²) in [6, 6.07) is 9.52. The van der Waals surface area contributed by atoms with Gasteiger partial charge in [0.2, 0.25) is 0 Å². The molecule has 0 spiro atoms. The molecule has 2 atom stereocenters. The third-order valence-electron chi connectivity index (χ3n) is 3.79. The lowest BCUT2D eigenvalue weighted by atomic mass is 9.80. The Kier molecular flexibility index (Phi) is 4.74. The van der Waals surface area contributed by atoms with Crippen LogP contribution in [-0.4, -0.2) is 35.7 Å². The summed E-state index contributed by atoms with van der Waals surface area (Å²) in [5.74, 6) is -1.98. The van der Waals surface area contributed by atoms with Gasteiger partial charge in [0.1, 0.15) is 5.60 Å². The number of carboxylic acid groups (broad SMARTS) is 1. The van der Waals surface area contributed by atoms with Crippen molar-refractivity contribution in [2.75, 3.05) is 13.1 Å². The molecule has 0 radical (unpaired) electrons. The van der Waals surface area contributed by atoms with Crippen LogP contribution in [0.1, 0.15) is 38.7 Å². The number of ether oxygens (including phenoxy) is 1. The Bertz CT molecular complexity index is 535. The normalized spacial score (nSPS) is 22.2. The smallest absolute Gasteiger partial charge is 0.410 e. The number of benzene rings is 1. The molecule has 0 unspecified atom stereocenters. The Hall–Kier alpha value is -2.04. The van der Waals surface area contributed by atoms with Crippen LogP contribution in [0.2, 0.25) is 0 Å². The second-order valence-electron chi connectivity index (χ2n) is 6.66. The molecule has 1 aliphatic heterocycles. The van der Waals surface area contributed by atoms with Gasteiger partial charge in [0.05, 0.1) is 0 Å². The zero-order chi connectivity index (χ0) is 16.3. The number of hydrogen-bond acceptors (Lipinski definition) is 4. The molecule has 0 aromatic heterocycles. The molecule has 120 valence electrons. The van der Waals surface area contributed by atoms with Gasteiger partial charge in [-0.3, -0.25) is 0 Å². The summed E-state index contributed by atoms with van der Waals surface area (Å²) in [7, 11) is 0. The van der Waals surface area contributed by atoms with E-state index >= 15 is 0 Å². The van der Waals surface area contributed by atoms with E-state index in [2.05, 4.69) is 0 Å². The maximum Gasteiger partial charge on any atom is 0.410 e. The van der Waals surface area contributed by atoms with Crippen LogP contribution in [0, 0.1) is 5.92 Å². The van der Waals surface area contributed by atoms with Crippen molar-refractivity contribution in [3.05, 3.63) is 35.9 Å². The molecule has 0 bridgehead atoms. The summed E-state index contributed by atoms with van der Waals surface area (Å²) >= 11 is 0. The highest BCUT2D eigenvalue weighted by atomic mass is 16.6. The monoisotopic (exact) mass is 304 g/mol. The molecule has 5 heteroatoms. The second-order valence-corrected chi connectivity index (χ2v) is 6.66. The van der Waals surface area contributed by atoms with E-state index in [9.17, 15) is 14.7 Å². The van der Waals surface area contributed by atoms with Gasteiger partial charge in [-0.05, 0) is 38.7 Å². The molecule has 22 heavy (non-hydrogen) atoms. The predicted octanol–water partition coefficient (Wildman–Crippen LogP) is 1.78. The van der Waals surface area contributed by atoms with Gasteiger partial charge in [-0.25, -0.2) is 4.79 Å². The maximum absolute atomic E-state index is 12.1. The minimum Gasteiger partial charge on any atom is -0.550 e. The van der Waals surface area contributed by atoms with Gasteiger partial charge < -0.3 is 19.5 Å². The van der Waals surface area contributed by atoms with E-state index in [0.717, 1.165) is 5.56 Å². The predicted molar refractivity (Wildman–Crippen MR) is 80.1 cm³/mol. The van der Waals surface area contributed by atoms with Crippen molar-refractivity contribution < 1.29 is 19.4 Å². The van der Waals surface area contributed by atoms with Crippen molar-refractivity contribution in [1.82, 2.24) is 4.90 Å². The molecule has 0 saturated carbocycles. The third kappa shape index (κ3) is 4.00. The Morgan fingerprint density at radius 2 is 1.86 bits per heavy atom. The number of rotatable bonds is 2. The standard InChI is InChI=1S/C17H23NO4/c1-17(2,3)22-16(21)18-10-9-13(14(11-18)15(19)20)12-7-5-4-6-8-12/h4-8,13-14H,9-11H2,1-3H3,(H,19,20)/p-1/t13-,14-/m0/s1. The largest absolute Gasteiger partial charge is 0.550 e. The number of aliphatic carboxylic acids is 1. The molecule has 2 rings (SSSR count). The topological polar surface area (TPSA) is 69.7 Å². The number of carbonyl (C=O) groups is 2. The van der Waals surface area contributed by atoms with Crippen LogP contribution in [0.3, 0.4) is 0 Å². The van der Waals surface area contributed by atoms with Crippen molar-refractivity contribution in [1.29, 1.82) is 0 Å². The van der Waals surface area contributed by atoms with Gasteiger partial charge in [-0.2, -0.15) is 0 Å². The first-order valence-electron chi connectivity index (χ1n) is 7.51. The zero-order valence-electron chi connectivity index (χ0n) is 13.2. The molecular formula is C17H22NO4-. The van der Waals surface area contributed by atoms with Crippen molar-refractivity contribution in [2.45, 2.75) is 38.7 Å².